The Hall–Kier alpha value is -3.11. The summed E-state index contributed by atoms with van der Waals surface area (Å²) >= 11 is 0. The van der Waals surface area contributed by atoms with Gasteiger partial charge in [0.05, 0.1) is 10.5 Å². The molecule has 0 atom stereocenters. The number of hydrogen-bond donors (Lipinski definition) is 1. The molecule has 0 unspecified atom stereocenters. The van der Waals surface area contributed by atoms with Gasteiger partial charge in [0.25, 0.3) is 0 Å². The summed E-state index contributed by atoms with van der Waals surface area (Å²) < 4.78 is 34.3. The van der Waals surface area contributed by atoms with Gasteiger partial charge in [-0.3, -0.25) is 0 Å². The zero-order valence-electron chi connectivity index (χ0n) is 17.9. The van der Waals surface area contributed by atoms with Crippen molar-refractivity contribution in [1.82, 2.24) is 24.9 Å². The molecule has 0 saturated carbocycles. The molecule has 0 spiro atoms. The van der Waals surface area contributed by atoms with Crippen LogP contribution in [0.2, 0.25) is 0 Å². The van der Waals surface area contributed by atoms with Gasteiger partial charge in [0.2, 0.25) is 10.0 Å². The van der Waals surface area contributed by atoms with Crippen molar-refractivity contribution in [2.75, 3.05) is 0 Å². The van der Waals surface area contributed by atoms with E-state index in [-0.39, 0.29) is 23.5 Å². The van der Waals surface area contributed by atoms with Crippen LogP contribution in [0, 0.1) is 0 Å². The van der Waals surface area contributed by atoms with Gasteiger partial charge in [0.15, 0.2) is 12.4 Å². The number of aromatic nitrogens is 4. The summed E-state index contributed by atoms with van der Waals surface area (Å²) in [4.78, 5) is 12.4. The molecule has 0 aliphatic carbocycles. The molecule has 2 aromatic carbocycles. The molecule has 0 aliphatic heterocycles. The Balaban J connectivity index is 1.58. The molecule has 164 valence electrons. The SMILES string of the molecule is Cn1nnnc1COC(=O)c1ccc(CNS(=O)(=O)c2ccc(C(C)(C)C)cc2)cc1. The average molecular weight is 444 g/mol. The molecule has 0 bridgehead atoms. The highest BCUT2D eigenvalue weighted by Crippen LogP contribution is 2.23. The van der Waals surface area contributed by atoms with Crippen LogP contribution in [-0.4, -0.2) is 34.6 Å². The summed E-state index contributed by atoms with van der Waals surface area (Å²) in [6.07, 6.45) is 0. The molecule has 0 fully saturated rings. The third-order valence-corrected chi connectivity index (χ3v) is 6.14. The molecule has 31 heavy (non-hydrogen) atoms. The lowest BCUT2D eigenvalue weighted by Gasteiger charge is -2.19. The van der Waals surface area contributed by atoms with Crippen molar-refractivity contribution >= 4 is 16.0 Å². The minimum Gasteiger partial charge on any atom is -0.454 e. The molecule has 1 aromatic heterocycles. The molecule has 0 aliphatic rings. The number of carbonyl (C=O) groups is 1. The van der Waals surface area contributed by atoms with E-state index in [1.807, 2.05) is 12.1 Å². The third kappa shape index (κ3) is 5.74. The zero-order chi connectivity index (χ0) is 22.6. The molecule has 0 amide bonds. The molecule has 1 heterocycles. The predicted octanol–water partition coefficient (Wildman–Crippen LogP) is 2.34. The van der Waals surface area contributed by atoms with E-state index < -0.39 is 16.0 Å². The Morgan fingerprint density at radius 2 is 1.71 bits per heavy atom. The number of tetrazole rings is 1. The van der Waals surface area contributed by atoms with E-state index in [4.69, 9.17) is 4.74 Å². The summed E-state index contributed by atoms with van der Waals surface area (Å²) in [5.74, 6) is -0.0935. The first-order valence-electron chi connectivity index (χ1n) is 9.64. The van der Waals surface area contributed by atoms with Crippen LogP contribution in [0.4, 0.5) is 0 Å². The van der Waals surface area contributed by atoms with Crippen molar-refractivity contribution in [2.24, 2.45) is 7.05 Å². The number of esters is 1. The molecule has 0 saturated heterocycles. The normalized spacial score (nSPS) is 12.0. The highest BCUT2D eigenvalue weighted by molar-refractivity contribution is 7.89. The molecule has 0 radical (unpaired) electrons. The summed E-state index contributed by atoms with van der Waals surface area (Å²) in [7, 11) is -2.00. The van der Waals surface area contributed by atoms with E-state index in [1.54, 1.807) is 43.4 Å². The van der Waals surface area contributed by atoms with E-state index >= 15 is 0 Å². The minimum atomic E-state index is -3.65. The fourth-order valence-corrected chi connectivity index (χ4v) is 3.76. The maximum atomic E-state index is 12.6. The predicted molar refractivity (Wildman–Crippen MR) is 114 cm³/mol. The fourth-order valence-electron chi connectivity index (χ4n) is 2.74. The van der Waals surface area contributed by atoms with Crippen molar-refractivity contribution in [3.63, 3.8) is 0 Å². The number of sulfonamides is 1. The summed E-state index contributed by atoms with van der Waals surface area (Å²) in [5, 5.41) is 10.9. The van der Waals surface area contributed by atoms with Crippen molar-refractivity contribution in [3.8, 4) is 0 Å². The van der Waals surface area contributed by atoms with Gasteiger partial charge in [-0.05, 0) is 51.2 Å². The first kappa shape index (κ1) is 22.6. The monoisotopic (exact) mass is 443 g/mol. The van der Waals surface area contributed by atoms with E-state index in [9.17, 15) is 13.2 Å². The van der Waals surface area contributed by atoms with Gasteiger partial charge in [-0.25, -0.2) is 22.6 Å². The minimum absolute atomic E-state index is 0.0438. The second kappa shape index (κ2) is 8.94. The van der Waals surface area contributed by atoms with Crippen molar-refractivity contribution in [1.29, 1.82) is 0 Å². The summed E-state index contributed by atoms with van der Waals surface area (Å²) in [5.41, 5.74) is 2.07. The number of ether oxygens (including phenoxy) is 1. The van der Waals surface area contributed by atoms with Crippen LogP contribution < -0.4 is 4.72 Å². The van der Waals surface area contributed by atoms with Crippen LogP contribution in [0.1, 0.15) is 48.1 Å². The first-order valence-corrected chi connectivity index (χ1v) is 11.1. The maximum Gasteiger partial charge on any atom is 0.338 e. The lowest BCUT2D eigenvalue weighted by atomic mass is 9.87. The number of rotatable bonds is 7. The van der Waals surface area contributed by atoms with Crippen LogP contribution >= 0.6 is 0 Å². The molecular weight excluding hydrogens is 418 g/mol. The number of aryl methyl sites for hydroxylation is 1. The van der Waals surface area contributed by atoms with Crippen LogP contribution in [0.5, 0.6) is 0 Å². The first-order chi connectivity index (χ1) is 14.6. The topological polar surface area (TPSA) is 116 Å². The standard InChI is InChI=1S/C21H25N5O4S/c1-21(2,3)17-9-11-18(12-10-17)31(28,29)22-13-15-5-7-16(8-6-15)20(27)30-14-19-23-24-25-26(19)4/h5-12,22H,13-14H2,1-4H3. The Bertz CT molecular complexity index is 1150. The summed E-state index contributed by atoms with van der Waals surface area (Å²) in [6, 6.07) is 13.4. The molecule has 1 N–H and O–H groups in total. The summed E-state index contributed by atoms with van der Waals surface area (Å²) in [6.45, 7) is 6.27. The van der Waals surface area contributed by atoms with E-state index in [0.29, 0.717) is 17.0 Å². The van der Waals surface area contributed by atoms with Crippen LogP contribution in [0.25, 0.3) is 0 Å². The van der Waals surface area contributed by atoms with Crippen LogP contribution in [-0.2, 0) is 40.4 Å². The Morgan fingerprint density at radius 1 is 1.06 bits per heavy atom. The average Bonchev–Trinajstić information content (AvgIpc) is 3.15. The van der Waals surface area contributed by atoms with Gasteiger partial charge < -0.3 is 4.74 Å². The lowest BCUT2D eigenvalue weighted by Crippen LogP contribution is -2.23. The Morgan fingerprint density at radius 3 is 2.26 bits per heavy atom. The quantitative estimate of drug-likeness (QED) is 0.557. The second-order valence-corrected chi connectivity index (χ2v) is 9.86. The van der Waals surface area contributed by atoms with Crippen LogP contribution in [0.15, 0.2) is 53.4 Å². The Kier molecular flexibility index (Phi) is 6.51. The van der Waals surface area contributed by atoms with E-state index in [1.165, 1.54) is 4.68 Å². The smallest absolute Gasteiger partial charge is 0.338 e. The van der Waals surface area contributed by atoms with Gasteiger partial charge in [-0.1, -0.05) is 45.0 Å². The number of hydrogen-bond acceptors (Lipinski definition) is 7. The lowest BCUT2D eigenvalue weighted by molar-refractivity contribution is 0.0458. The molecule has 3 rings (SSSR count). The number of carbonyl (C=O) groups excluding carboxylic acids is 1. The number of nitrogens with one attached hydrogen (secondary N) is 1. The second-order valence-electron chi connectivity index (χ2n) is 8.09. The van der Waals surface area contributed by atoms with Crippen molar-refractivity contribution in [3.05, 3.63) is 71.0 Å². The van der Waals surface area contributed by atoms with Gasteiger partial charge >= 0.3 is 5.97 Å². The number of benzene rings is 2. The van der Waals surface area contributed by atoms with E-state index in [0.717, 1.165) is 5.56 Å². The molecule has 9 nitrogen and oxygen atoms in total. The van der Waals surface area contributed by atoms with Crippen molar-refractivity contribution < 1.29 is 17.9 Å². The molecule has 3 aromatic rings. The Labute approximate surface area is 181 Å². The highest BCUT2D eigenvalue weighted by atomic mass is 32.2. The van der Waals surface area contributed by atoms with Gasteiger partial charge in [-0.15, -0.1) is 5.10 Å². The molecular formula is C21H25N5O4S. The zero-order valence-corrected chi connectivity index (χ0v) is 18.7. The van der Waals surface area contributed by atoms with E-state index in [2.05, 4.69) is 41.0 Å². The third-order valence-electron chi connectivity index (χ3n) is 4.73. The largest absolute Gasteiger partial charge is 0.454 e. The maximum absolute atomic E-state index is 12.6. The number of nitrogens with zero attached hydrogens (tertiary/aromatic N) is 4. The van der Waals surface area contributed by atoms with Gasteiger partial charge in [0.1, 0.15) is 0 Å². The van der Waals surface area contributed by atoms with Gasteiger partial charge in [0, 0.05) is 13.6 Å². The van der Waals surface area contributed by atoms with Gasteiger partial charge in [-0.2, -0.15) is 0 Å². The van der Waals surface area contributed by atoms with Crippen LogP contribution in [0.3, 0.4) is 0 Å². The van der Waals surface area contributed by atoms with Crippen molar-refractivity contribution in [2.45, 2.75) is 44.2 Å². The molecule has 10 heteroatoms. The highest BCUT2D eigenvalue weighted by Gasteiger charge is 2.17. The fraction of sp³-hybridized carbons (Fsp3) is 0.333.